The van der Waals surface area contributed by atoms with E-state index in [1.54, 1.807) is 36.4 Å². The molecule has 1 N–H and O–H groups in total. The molecule has 6 nitrogen and oxygen atoms in total. The summed E-state index contributed by atoms with van der Waals surface area (Å²) in [6.07, 6.45) is 1.13. The molecule has 0 bridgehead atoms. The molecule has 0 spiro atoms. The van der Waals surface area contributed by atoms with Crippen LogP contribution in [0.2, 0.25) is 0 Å². The van der Waals surface area contributed by atoms with Gasteiger partial charge in [0.2, 0.25) is 10.0 Å². The molecule has 0 heterocycles. The van der Waals surface area contributed by atoms with Crippen LogP contribution in [0, 0.1) is 6.92 Å². The van der Waals surface area contributed by atoms with E-state index in [1.165, 1.54) is 11.4 Å². The summed E-state index contributed by atoms with van der Waals surface area (Å²) in [5, 5.41) is 2.74. The summed E-state index contributed by atoms with van der Waals surface area (Å²) in [6.45, 7) is 2.16. The molecule has 0 aliphatic heterocycles. The zero-order chi connectivity index (χ0) is 18.4. The largest absolute Gasteiger partial charge is 0.495 e. The number of carbonyl (C=O) groups excluding carboxylic acids is 1. The van der Waals surface area contributed by atoms with Crippen LogP contribution in [0.1, 0.15) is 15.9 Å². The highest BCUT2D eigenvalue weighted by atomic mass is 32.2. The quantitative estimate of drug-likeness (QED) is 0.819. The van der Waals surface area contributed by atoms with E-state index >= 15 is 0 Å². The highest BCUT2D eigenvalue weighted by molar-refractivity contribution is 7.92. The van der Waals surface area contributed by atoms with Gasteiger partial charge in [-0.1, -0.05) is 24.3 Å². The number of methoxy groups -OCH3 is 1. The van der Waals surface area contributed by atoms with Gasteiger partial charge >= 0.3 is 0 Å². The number of sulfonamides is 1. The Balaban J connectivity index is 2.15. The molecule has 0 aliphatic rings. The number of benzene rings is 2. The second kappa shape index (κ2) is 8.02. The van der Waals surface area contributed by atoms with Crippen LogP contribution in [0.15, 0.2) is 48.5 Å². The molecule has 7 heteroatoms. The van der Waals surface area contributed by atoms with Crippen LogP contribution in [0.5, 0.6) is 5.75 Å². The van der Waals surface area contributed by atoms with E-state index in [9.17, 15) is 13.2 Å². The lowest BCUT2D eigenvalue weighted by atomic mass is 10.2. The van der Waals surface area contributed by atoms with Crippen molar-refractivity contribution in [3.8, 4) is 5.75 Å². The molecule has 1 amide bonds. The average Bonchev–Trinajstić information content (AvgIpc) is 2.58. The molecule has 0 radical (unpaired) electrons. The molecular formula is C18H22N2O4S. The van der Waals surface area contributed by atoms with Gasteiger partial charge in [-0.25, -0.2) is 8.42 Å². The van der Waals surface area contributed by atoms with Crippen molar-refractivity contribution in [2.75, 3.05) is 30.8 Å². The number of rotatable bonds is 7. The minimum Gasteiger partial charge on any atom is -0.495 e. The van der Waals surface area contributed by atoms with Crippen LogP contribution in [0.4, 0.5) is 5.69 Å². The molecule has 0 saturated carbocycles. The summed E-state index contributed by atoms with van der Waals surface area (Å²) in [5.41, 5.74) is 1.90. The summed E-state index contributed by atoms with van der Waals surface area (Å²) in [6, 6.07) is 14.1. The second-order valence-corrected chi connectivity index (χ2v) is 7.54. The number of nitrogens with zero attached hydrogens (tertiary/aromatic N) is 1. The highest BCUT2D eigenvalue weighted by Gasteiger charge is 2.21. The monoisotopic (exact) mass is 362 g/mol. The fraction of sp³-hybridized carbons (Fsp3) is 0.278. The third-order valence-electron chi connectivity index (χ3n) is 3.64. The fourth-order valence-corrected chi connectivity index (χ4v) is 3.35. The number of aryl methyl sites for hydroxylation is 1. The Morgan fingerprint density at radius 3 is 2.44 bits per heavy atom. The van der Waals surface area contributed by atoms with Crippen LogP contribution < -0.4 is 14.4 Å². The predicted molar refractivity (Wildman–Crippen MR) is 98.7 cm³/mol. The maximum Gasteiger partial charge on any atom is 0.251 e. The van der Waals surface area contributed by atoms with Gasteiger partial charge in [-0.15, -0.1) is 0 Å². The van der Waals surface area contributed by atoms with Crippen LogP contribution >= 0.6 is 0 Å². The number of ether oxygens (including phenoxy) is 1. The lowest BCUT2D eigenvalue weighted by Crippen LogP contribution is -2.38. The van der Waals surface area contributed by atoms with Gasteiger partial charge in [-0.2, -0.15) is 0 Å². The first-order valence-electron chi connectivity index (χ1n) is 7.78. The first-order chi connectivity index (χ1) is 11.8. The summed E-state index contributed by atoms with van der Waals surface area (Å²) < 4.78 is 30.9. The number of hydrogen-bond acceptors (Lipinski definition) is 4. The van der Waals surface area contributed by atoms with Crippen molar-refractivity contribution in [2.24, 2.45) is 0 Å². The van der Waals surface area contributed by atoms with Crippen LogP contribution in [-0.4, -0.2) is 40.8 Å². The standard InChI is InChI=1S/C18H22N2O4S/c1-14-9-10-17(24-2)16(13-14)20(25(3,22)23)12-11-19-18(21)15-7-5-4-6-8-15/h4-10,13H,11-12H2,1-3H3,(H,19,21). The minimum atomic E-state index is -3.53. The van der Waals surface area contributed by atoms with E-state index < -0.39 is 10.0 Å². The Morgan fingerprint density at radius 1 is 1.16 bits per heavy atom. The molecule has 0 aromatic heterocycles. The van der Waals surface area contributed by atoms with Gasteiger partial charge in [-0.3, -0.25) is 9.10 Å². The van der Waals surface area contributed by atoms with Gasteiger partial charge in [0.1, 0.15) is 5.75 Å². The highest BCUT2D eigenvalue weighted by Crippen LogP contribution is 2.30. The summed E-state index contributed by atoms with van der Waals surface area (Å²) in [5.74, 6) is 0.218. The topological polar surface area (TPSA) is 75.7 Å². The zero-order valence-corrected chi connectivity index (χ0v) is 15.3. The van der Waals surface area contributed by atoms with E-state index in [0.29, 0.717) is 17.0 Å². The second-order valence-electron chi connectivity index (χ2n) is 5.63. The molecule has 0 fully saturated rings. The molecule has 2 rings (SSSR count). The molecule has 0 atom stereocenters. The number of anilines is 1. The molecule has 0 aliphatic carbocycles. The van der Waals surface area contributed by atoms with Gasteiger partial charge in [-0.05, 0) is 36.8 Å². The van der Waals surface area contributed by atoms with E-state index in [4.69, 9.17) is 4.74 Å². The smallest absolute Gasteiger partial charge is 0.251 e. The van der Waals surface area contributed by atoms with Crippen molar-refractivity contribution in [3.63, 3.8) is 0 Å². The van der Waals surface area contributed by atoms with Crippen LogP contribution in [-0.2, 0) is 10.0 Å². The zero-order valence-electron chi connectivity index (χ0n) is 14.5. The van der Waals surface area contributed by atoms with E-state index in [2.05, 4.69) is 5.32 Å². The van der Waals surface area contributed by atoms with Crippen molar-refractivity contribution in [3.05, 3.63) is 59.7 Å². The third-order valence-corrected chi connectivity index (χ3v) is 4.82. The lowest BCUT2D eigenvalue weighted by Gasteiger charge is -2.24. The molecule has 134 valence electrons. The van der Waals surface area contributed by atoms with Crippen molar-refractivity contribution < 1.29 is 17.9 Å². The molecule has 2 aromatic rings. The van der Waals surface area contributed by atoms with Crippen molar-refractivity contribution in [2.45, 2.75) is 6.92 Å². The molecule has 0 unspecified atom stereocenters. The summed E-state index contributed by atoms with van der Waals surface area (Å²) >= 11 is 0. The van der Waals surface area contributed by atoms with Crippen molar-refractivity contribution in [1.82, 2.24) is 5.32 Å². The Kier molecular flexibility index (Phi) is 6.03. The summed E-state index contributed by atoms with van der Waals surface area (Å²) in [4.78, 5) is 12.1. The first kappa shape index (κ1) is 18.8. The lowest BCUT2D eigenvalue weighted by molar-refractivity contribution is 0.0955. The van der Waals surface area contributed by atoms with E-state index in [1.807, 2.05) is 19.1 Å². The number of amides is 1. The fourth-order valence-electron chi connectivity index (χ4n) is 2.42. The van der Waals surface area contributed by atoms with Gasteiger partial charge < -0.3 is 10.1 Å². The van der Waals surface area contributed by atoms with Crippen LogP contribution in [0.3, 0.4) is 0 Å². The first-order valence-corrected chi connectivity index (χ1v) is 9.63. The Hall–Kier alpha value is -2.54. The number of nitrogens with one attached hydrogen (secondary N) is 1. The predicted octanol–water partition coefficient (Wildman–Crippen LogP) is 2.20. The Morgan fingerprint density at radius 2 is 1.84 bits per heavy atom. The normalized spacial score (nSPS) is 11.0. The molecule has 2 aromatic carbocycles. The van der Waals surface area contributed by atoms with E-state index in [-0.39, 0.29) is 19.0 Å². The van der Waals surface area contributed by atoms with Gasteiger partial charge in [0.15, 0.2) is 0 Å². The summed E-state index contributed by atoms with van der Waals surface area (Å²) in [7, 11) is -2.04. The van der Waals surface area contributed by atoms with Crippen molar-refractivity contribution >= 4 is 21.6 Å². The van der Waals surface area contributed by atoms with Gasteiger partial charge in [0.05, 0.1) is 25.6 Å². The van der Waals surface area contributed by atoms with Gasteiger partial charge in [0.25, 0.3) is 5.91 Å². The van der Waals surface area contributed by atoms with Gasteiger partial charge in [0, 0.05) is 12.1 Å². The molecule has 0 saturated heterocycles. The van der Waals surface area contributed by atoms with Crippen LogP contribution in [0.25, 0.3) is 0 Å². The maximum atomic E-state index is 12.2. The molecule has 25 heavy (non-hydrogen) atoms. The molecular weight excluding hydrogens is 340 g/mol. The maximum absolute atomic E-state index is 12.2. The minimum absolute atomic E-state index is 0.108. The average molecular weight is 362 g/mol. The number of carbonyl (C=O) groups is 1. The third kappa shape index (κ3) is 4.96. The number of hydrogen-bond donors (Lipinski definition) is 1. The SMILES string of the molecule is COc1ccc(C)cc1N(CCNC(=O)c1ccccc1)S(C)(=O)=O. The van der Waals surface area contributed by atoms with E-state index in [0.717, 1.165) is 11.8 Å². The van der Waals surface area contributed by atoms with Crippen molar-refractivity contribution in [1.29, 1.82) is 0 Å². The Bertz CT molecular complexity index is 835. The Labute approximate surface area is 148 Å².